The van der Waals surface area contributed by atoms with Gasteiger partial charge in [-0.05, 0) is 42.9 Å². The monoisotopic (exact) mass is 412 g/mol. The molecule has 1 aromatic heterocycles. The molecule has 1 fully saturated rings. The van der Waals surface area contributed by atoms with Crippen molar-refractivity contribution in [2.75, 3.05) is 0 Å². The topological polar surface area (TPSA) is 51.1 Å². The summed E-state index contributed by atoms with van der Waals surface area (Å²) in [5.41, 5.74) is 2.31. The molecule has 1 heterocycles. The molecule has 4 nitrogen and oxygen atoms in total. The zero-order valence-electron chi connectivity index (χ0n) is 14.6. The molecular weight excluding hydrogens is 388 g/mol. The lowest BCUT2D eigenvalue weighted by Crippen LogP contribution is -2.29. The maximum atomic E-state index is 12.3. The molecule has 0 radical (unpaired) electrons. The van der Waals surface area contributed by atoms with Gasteiger partial charge < -0.3 is 4.57 Å². The maximum Gasteiger partial charge on any atom is 0.215 e. The summed E-state index contributed by atoms with van der Waals surface area (Å²) in [5, 5.41) is 0.908. The van der Waals surface area contributed by atoms with Gasteiger partial charge in [0.2, 0.25) is 10.0 Å². The molecule has 1 saturated carbocycles. The fourth-order valence-electron chi connectivity index (χ4n) is 3.06. The third-order valence-corrected chi connectivity index (χ3v) is 6.81. The van der Waals surface area contributed by atoms with Crippen LogP contribution in [-0.4, -0.2) is 18.2 Å². The van der Waals surface area contributed by atoms with Gasteiger partial charge in [-0.15, -0.1) is 0 Å². The molecule has 3 rings (SSSR count). The third-order valence-electron chi connectivity index (χ3n) is 4.29. The Balaban J connectivity index is 2.01. The van der Waals surface area contributed by atoms with E-state index in [1.807, 2.05) is 13.0 Å². The second-order valence-corrected chi connectivity index (χ2v) is 10.9. The van der Waals surface area contributed by atoms with Crippen LogP contribution in [0.4, 0.5) is 0 Å². The van der Waals surface area contributed by atoms with Crippen molar-refractivity contribution in [3.8, 4) is 0 Å². The van der Waals surface area contributed by atoms with Crippen LogP contribution in [0.1, 0.15) is 52.1 Å². The molecule has 132 valence electrons. The summed E-state index contributed by atoms with van der Waals surface area (Å²) in [6.45, 7) is 9.42. The molecule has 0 bridgehead atoms. The van der Waals surface area contributed by atoms with Gasteiger partial charge in [0, 0.05) is 34.2 Å². The highest BCUT2D eigenvalue weighted by Crippen LogP contribution is 2.33. The SMILES string of the molecule is C[C@@H](NS(=O)(=O)C1CC1)c1cn(CC(C)(C)C)c2cc(Br)ccc12. The van der Waals surface area contributed by atoms with Crippen molar-refractivity contribution in [2.24, 2.45) is 5.41 Å². The minimum atomic E-state index is -3.21. The molecule has 1 aliphatic rings. The molecule has 0 amide bonds. The van der Waals surface area contributed by atoms with Gasteiger partial charge >= 0.3 is 0 Å². The van der Waals surface area contributed by atoms with E-state index in [-0.39, 0.29) is 16.7 Å². The largest absolute Gasteiger partial charge is 0.347 e. The molecule has 0 saturated heterocycles. The summed E-state index contributed by atoms with van der Waals surface area (Å²) in [5.74, 6) is 0. The lowest BCUT2D eigenvalue weighted by Gasteiger charge is -2.20. The van der Waals surface area contributed by atoms with E-state index in [0.29, 0.717) is 0 Å². The van der Waals surface area contributed by atoms with Crippen molar-refractivity contribution >= 4 is 36.9 Å². The second kappa shape index (κ2) is 6.15. The quantitative estimate of drug-likeness (QED) is 0.780. The lowest BCUT2D eigenvalue weighted by molar-refractivity contribution is 0.349. The number of rotatable bonds is 5. The van der Waals surface area contributed by atoms with E-state index < -0.39 is 10.0 Å². The number of nitrogens with one attached hydrogen (secondary N) is 1. The molecule has 1 atom stereocenters. The average molecular weight is 413 g/mol. The van der Waals surface area contributed by atoms with Crippen molar-refractivity contribution in [3.63, 3.8) is 0 Å². The zero-order chi connectivity index (χ0) is 17.7. The smallest absolute Gasteiger partial charge is 0.215 e. The normalized spacial score (nSPS) is 17.4. The van der Waals surface area contributed by atoms with Crippen LogP contribution in [0.15, 0.2) is 28.9 Å². The van der Waals surface area contributed by atoms with Crippen LogP contribution in [0, 0.1) is 5.41 Å². The van der Waals surface area contributed by atoms with Gasteiger partial charge in [-0.2, -0.15) is 0 Å². The highest BCUT2D eigenvalue weighted by molar-refractivity contribution is 9.10. The molecular formula is C18H25BrN2O2S. The van der Waals surface area contributed by atoms with E-state index in [9.17, 15) is 8.42 Å². The Hall–Kier alpha value is -0.850. The molecule has 2 aromatic rings. The minimum Gasteiger partial charge on any atom is -0.347 e. The van der Waals surface area contributed by atoms with Crippen LogP contribution < -0.4 is 4.72 Å². The van der Waals surface area contributed by atoms with Gasteiger partial charge in [0.15, 0.2) is 0 Å². The Labute approximate surface area is 152 Å². The molecule has 1 N–H and O–H groups in total. The van der Waals surface area contributed by atoms with Gasteiger partial charge in [0.05, 0.1) is 5.25 Å². The van der Waals surface area contributed by atoms with Crippen LogP contribution in [0.5, 0.6) is 0 Å². The number of benzene rings is 1. The van der Waals surface area contributed by atoms with Gasteiger partial charge in [0.1, 0.15) is 0 Å². The average Bonchev–Trinajstić information content (AvgIpc) is 3.23. The Kier molecular flexibility index (Phi) is 4.60. The Morgan fingerprint density at radius 1 is 1.33 bits per heavy atom. The highest BCUT2D eigenvalue weighted by Gasteiger charge is 2.36. The highest BCUT2D eigenvalue weighted by atomic mass is 79.9. The van der Waals surface area contributed by atoms with Gasteiger partial charge in [-0.3, -0.25) is 0 Å². The minimum absolute atomic E-state index is 0.141. The maximum absolute atomic E-state index is 12.3. The van der Waals surface area contributed by atoms with E-state index in [1.165, 1.54) is 0 Å². The molecule has 24 heavy (non-hydrogen) atoms. The first-order valence-electron chi connectivity index (χ1n) is 8.36. The van der Waals surface area contributed by atoms with Gasteiger partial charge in [-0.25, -0.2) is 13.1 Å². The summed E-state index contributed by atoms with van der Waals surface area (Å²) >= 11 is 3.54. The molecule has 0 aliphatic heterocycles. The summed E-state index contributed by atoms with van der Waals surface area (Å²) < 4.78 is 30.7. The Morgan fingerprint density at radius 2 is 2.00 bits per heavy atom. The van der Waals surface area contributed by atoms with Crippen LogP contribution in [-0.2, 0) is 16.6 Å². The fourth-order valence-corrected chi connectivity index (χ4v) is 4.98. The van der Waals surface area contributed by atoms with Crippen molar-refractivity contribution in [1.82, 2.24) is 9.29 Å². The summed E-state index contributed by atoms with van der Waals surface area (Å²) in [7, 11) is -3.21. The van der Waals surface area contributed by atoms with E-state index in [2.05, 4.69) is 64.3 Å². The van der Waals surface area contributed by atoms with Crippen LogP contribution >= 0.6 is 15.9 Å². The first-order valence-corrected chi connectivity index (χ1v) is 10.7. The first kappa shape index (κ1) is 18.0. The predicted molar refractivity (Wildman–Crippen MR) is 103 cm³/mol. The summed E-state index contributed by atoms with van der Waals surface area (Å²) in [6.07, 6.45) is 3.66. The number of hydrogen-bond acceptors (Lipinski definition) is 2. The number of aromatic nitrogens is 1. The number of fused-ring (bicyclic) bond motifs is 1. The number of nitrogens with zero attached hydrogens (tertiary/aromatic N) is 1. The van der Waals surface area contributed by atoms with Crippen LogP contribution in [0.25, 0.3) is 10.9 Å². The van der Waals surface area contributed by atoms with E-state index in [1.54, 1.807) is 0 Å². The van der Waals surface area contributed by atoms with Crippen LogP contribution in [0.3, 0.4) is 0 Å². The zero-order valence-corrected chi connectivity index (χ0v) is 17.0. The number of hydrogen-bond donors (Lipinski definition) is 1. The van der Waals surface area contributed by atoms with Crippen molar-refractivity contribution in [2.45, 2.75) is 58.4 Å². The van der Waals surface area contributed by atoms with Crippen molar-refractivity contribution in [1.29, 1.82) is 0 Å². The van der Waals surface area contributed by atoms with Gasteiger partial charge in [-0.1, -0.05) is 42.8 Å². The van der Waals surface area contributed by atoms with E-state index in [0.717, 1.165) is 40.3 Å². The van der Waals surface area contributed by atoms with Gasteiger partial charge in [0.25, 0.3) is 0 Å². The third kappa shape index (κ3) is 3.86. The molecule has 1 aromatic carbocycles. The summed E-state index contributed by atoms with van der Waals surface area (Å²) in [4.78, 5) is 0. The number of halogens is 1. The first-order chi connectivity index (χ1) is 11.1. The molecule has 0 unspecified atom stereocenters. The predicted octanol–water partition coefficient (Wildman–Crippen LogP) is 4.59. The summed E-state index contributed by atoms with van der Waals surface area (Å²) in [6, 6.07) is 5.94. The van der Waals surface area contributed by atoms with Crippen molar-refractivity contribution in [3.05, 3.63) is 34.4 Å². The van der Waals surface area contributed by atoms with Crippen LogP contribution in [0.2, 0.25) is 0 Å². The lowest BCUT2D eigenvalue weighted by atomic mass is 9.97. The molecule has 1 aliphatic carbocycles. The van der Waals surface area contributed by atoms with E-state index >= 15 is 0 Å². The van der Waals surface area contributed by atoms with E-state index in [4.69, 9.17) is 0 Å². The second-order valence-electron chi connectivity index (χ2n) is 8.02. The Morgan fingerprint density at radius 3 is 2.58 bits per heavy atom. The fraction of sp³-hybridized carbons (Fsp3) is 0.556. The standard InChI is InChI=1S/C18H25BrN2O2S/c1-12(20-24(22,23)14-6-7-14)16-10-21(11-18(2,3)4)17-9-13(19)5-8-15(16)17/h5,8-10,12,14,20H,6-7,11H2,1-4H3/t12-/m1/s1. The molecule has 6 heteroatoms. The molecule has 0 spiro atoms. The Bertz CT molecular complexity index is 861. The number of sulfonamides is 1. The van der Waals surface area contributed by atoms with Crippen molar-refractivity contribution < 1.29 is 8.42 Å².